The zero-order valence-corrected chi connectivity index (χ0v) is 16.7. The first-order valence-electron chi connectivity index (χ1n) is 9.64. The summed E-state index contributed by atoms with van der Waals surface area (Å²) >= 11 is 0. The minimum atomic E-state index is -0.312. The van der Waals surface area contributed by atoms with Gasteiger partial charge >= 0.3 is 6.03 Å². The Balaban J connectivity index is 1.44. The topological polar surface area (TPSA) is 113 Å². The summed E-state index contributed by atoms with van der Waals surface area (Å²) in [5.41, 5.74) is 3.42. The molecule has 30 heavy (non-hydrogen) atoms. The normalized spacial score (nSPS) is 11.8. The predicted molar refractivity (Wildman–Crippen MR) is 113 cm³/mol. The third-order valence-electron chi connectivity index (χ3n) is 4.72. The molecule has 152 valence electrons. The van der Waals surface area contributed by atoms with Gasteiger partial charge < -0.3 is 15.6 Å². The van der Waals surface area contributed by atoms with Crippen LogP contribution in [0.3, 0.4) is 0 Å². The summed E-state index contributed by atoms with van der Waals surface area (Å²) in [6.07, 6.45) is 2.48. The first kappa shape index (κ1) is 19.3. The van der Waals surface area contributed by atoms with E-state index in [0.29, 0.717) is 23.8 Å². The Morgan fingerprint density at radius 1 is 1.13 bits per heavy atom. The molecule has 0 aliphatic heterocycles. The van der Waals surface area contributed by atoms with E-state index in [1.165, 1.54) is 0 Å². The SMILES string of the molecule is CCC(NC(=O)Nc1cccc(-c2nnnn2C)c1)c1ncc(-c2ccccc2)[nH]1. The van der Waals surface area contributed by atoms with Gasteiger partial charge in [-0.15, -0.1) is 5.10 Å². The van der Waals surface area contributed by atoms with Crippen molar-refractivity contribution in [2.45, 2.75) is 19.4 Å². The molecule has 0 aliphatic carbocycles. The fourth-order valence-electron chi connectivity index (χ4n) is 3.18. The van der Waals surface area contributed by atoms with Gasteiger partial charge in [-0.25, -0.2) is 14.5 Å². The molecule has 0 fully saturated rings. The molecule has 2 aromatic heterocycles. The van der Waals surface area contributed by atoms with Crippen LogP contribution in [0, 0.1) is 0 Å². The molecule has 0 bridgehead atoms. The zero-order chi connectivity index (χ0) is 20.9. The number of nitrogens with one attached hydrogen (secondary N) is 3. The molecule has 3 N–H and O–H groups in total. The van der Waals surface area contributed by atoms with Crippen molar-refractivity contribution in [2.24, 2.45) is 7.05 Å². The molecule has 1 atom stereocenters. The van der Waals surface area contributed by atoms with Crippen molar-refractivity contribution in [1.82, 2.24) is 35.5 Å². The molecule has 9 nitrogen and oxygen atoms in total. The maximum Gasteiger partial charge on any atom is 0.319 e. The van der Waals surface area contributed by atoms with Crippen LogP contribution in [0.1, 0.15) is 25.2 Å². The minimum absolute atomic E-state index is 0.242. The van der Waals surface area contributed by atoms with Crippen LogP contribution in [0.5, 0.6) is 0 Å². The molecule has 4 aromatic rings. The van der Waals surface area contributed by atoms with E-state index >= 15 is 0 Å². The number of imidazole rings is 1. The van der Waals surface area contributed by atoms with E-state index in [0.717, 1.165) is 16.8 Å². The fraction of sp³-hybridized carbons (Fsp3) is 0.190. The van der Waals surface area contributed by atoms with E-state index in [2.05, 4.69) is 36.1 Å². The Morgan fingerprint density at radius 2 is 1.93 bits per heavy atom. The van der Waals surface area contributed by atoms with Gasteiger partial charge in [-0.1, -0.05) is 49.4 Å². The number of amides is 2. The standard InChI is InChI=1S/C21H22N8O/c1-3-17(19-22-13-18(24-19)14-8-5-4-6-9-14)25-21(30)23-16-11-7-10-15(12-16)20-26-27-28-29(20)2/h4-13,17H,3H2,1-2H3,(H,22,24)(H2,23,25,30). The molecular weight excluding hydrogens is 380 g/mol. The minimum Gasteiger partial charge on any atom is -0.340 e. The lowest BCUT2D eigenvalue weighted by molar-refractivity contribution is 0.247. The predicted octanol–water partition coefficient (Wildman–Crippen LogP) is 3.54. The second-order valence-electron chi connectivity index (χ2n) is 6.81. The molecule has 0 saturated heterocycles. The highest BCUT2D eigenvalue weighted by Gasteiger charge is 2.17. The zero-order valence-electron chi connectivity index (χ0n) is 16.7. The number of aryl methyl sites for hydroxylation is 1. The number of hydrogen-bond acceptors (Lipinski definition) is 5. The average Bonchev–Trinajstić information content (AvgIpc) is 3.42. The van der Waals surface area contributed by atoms with Crippen molar-refractivity contribution >= 4 is 11.7 Å². The van der Waals surface area contributed by atoms with Crippen LogP contribution in [-0.4, -0.2) is 36.2 Å². The number of aromatic amines is 1. The Hall–Kier alpha value is -4.01. The number of rotatable bonds is 6. The van der Waals surface area contributed by atoms with Crippen molar-refractivity contribution in [1.29, 1.82) is 0 Å². The monoisotopic (exact) mass is 402 g/mol. The van der Waals surface area contributed by atoms with Gasteiger partial charge in [0, 0.05) is 18.3 Å². The molecular formula is C21H22N8O. The summed E-state index contributed by atoms with van der Waals surface area (Å²) < 4.78 is 1.58. The van der Waals surface area contributed by atoms with E-state index in [4.69, 9.17) is 0 Å². The highest BCUT2D eigenvalue weighted by Crippen LogP contribution is 2.22. The van der Waals surface area contributed by atoms with Gasteiger partial charge in [-0.3, -0.25) is 0 Å². The van der Waals surface area contributed by atoms with E-state index in [1.807, 2.05) is 61.5 Å². The van der Waals surface area contributed by atoms with Gasteiger partial charge in [-0.2, -0.15) is 0 Å². The van der Waals surface area contributed by atoms with Crippen LogP contribution in [0.25, 0.3) is 22.6 Å². The number of nitrogens with zero attached hydrogens (tertiary/aromatic N) is 5. The summed E-state index contributed by atoms with van der Waals surface area (Å²) in [4.78, 5) is 20.4. The van der Waals surface area contributed by atoms with Gasteiger partial charge in [0.05, 0.1) is 17.9 Å². The first-order chi connectivity index (χ1) is 14.6. The molecule has 2 heterocycles. The number of anilines is 1. The summed E-state index contributed by atoms with van der Waals surface area (Å²) in [5, 5.41) is 17.3. The number of benzene rings is 2. The number of carbonyl (C=O) groups excluding carboxylic acids is 1. The van der Waals surface area contributed by atoms with Gasteiger partial charge in [0.2, 0.25) is 0 Å². The molecule has 0 saturated carbocycles. The smallest absolute Gasteiger partial charge is 0.319 e. The molecule has 0 aliphatic rings. The van der Waals surface area contributed by atoms with Gasteiger partial charge in [0.15, 0.2) is 5.82 Å². The van der Waals surface area contributed by atoms with E-state index < -0.39 is 0 Å². The number of tetrazole rings is 1. The molecule has 1 unspecified atom stereocenters. The van der Waals surface area contributed by atoms with Gasteiger partial charge in [0.1, 0.15) is 5.82 Å². The van der Waals surface area contributed by atoms with E-state index in [1.54, 1.807) is 17.9 Å². The third-order valence-corrected chi connectivity index (χ3v) is 4.72. The van der Waals surface area contributed by atoms with Crippen molar-refractivity contribution in [2.75, 3.05) is 5.32 Å². The molecule has 9 heteroatoms. The van der Waals surface area contributed by atoms with Crippen LogP contribution in [-0.2, 0) is 7.05 Å². The summed E-state index contributed by atoms with van der Waals surface area (Å²) in [6, 6.07) is 16.8. The summed E-state index contributed by atoms with van der Waals surface area (Å²) in [5.74, 6) is 1.33. The lowest BCUT2D eigenvalue weighted by Gasteiger charge is -2.16. The third kappa shape index (κ3) is 4.19. The second kappa shape index (κ2) is 8.56. The number of urea groups is 1. The van der Waals surface area contributed by atoms with Gasteiger partial charge in [-0.05, 0) is 34.5 Å². The Morgan fingerprint density at radius 3 is 2.67 bits per heavy atom. The maximum atomic E-state index is 12.6. The van der Waals surface area contributed by atoms with Crippen LogP contribution in [0.4, 0.5) is 10.5 Å². The van der Waals surface area contributed by atoms with Crippen LogP contribution >= 0.6 is 0 Å². The molecule has 2 amide bonds. The Kier molecular flexibility index (Phi) is 5.51. The first-order valence-corrected chi connectivity index (χ1v) is 9.64. The summed E-state index contributed by atoms with van der Waals surface area (Å²) in [6.45, 7) is 2.00. The molecule has 0 radical (unpaired) electrons. The van der Waals surface area contributed by atoms with Gasteiger partial charge in [0.25, 0.3) is 0 Å². The van der Waals surface area contributed by atoms with Crippen molar-refractivity contribution in [3.8, 4) is 22.6 Å². The second-order valence-corrected chi connectivity index (χ2v) is 6.81. The highest BCUT2D eigenvalue weighted by atomic mass is 16.2. The lowest BCUT2D eigenvalue weighted by atomic mass is 10.2. The lowest BCUT2D eigenvalue weighted by Crippen LogP contribution is -2.32. The quantitative estimate of drug-likeness (QED) is 0.456. The summed E-state index contributed by atoms with van der Waals surface area (Å²) in [7, 11) is 1.76. The number of carbonyl (C=O) groups is 1. The Labute approximate surface area is 173 Å². The number of aromatic nitrogens is 6. The van der Waals surface area contributed by atoms with Crippen molar-refractivity contribution in [3.63, 3.8) is 0 Å². The number of hydrogen-bond donors (Lipinski definition) is 3. The van der Waals surface area contributed by atoms with Crippen LogP contribution < -0.4 is 10.6 Å². The molecule has 4 rings (SSSR count). The molecule has 2 aromatic carbocycles. The van der Waals surface area contributed by atoms with Crippen molar-refractivity contribution in [3.05, 3.63) is 66.6 Å². The van der Waals surface area contributed by atoms with Crippen LogP contribution in [0.2, 0.25) is 0 Å². The molecule has 0 spiro atoms. The van der Waals surface area contributed by atoms with Crippen molar-refractivity contribution < 1.29 is 4.79 Å². The fourth-order valence-corrected chi connectivity index (χ4v) is 3.18. The average molecular weight is 402 g/mol. The largest absolute Gasteiger partial charge is 0.340 e. The Bertz CT molecular complexity index is 1130. The van der Waals surface area contributed by atoms with Crippen LogP contribution in [0.15, 0.2) is 60.8 Å². The number of H-pyrrole nitrogens is 1. The van der Waals surface area contributed by atoms with E-state index in [9.17, 15) is 4.79 Å². The van der Waals surface area contributed by atoms with E-state index in [-0.39, 0.29) is 12.1 Å². The highest BCUT2D eigenvalue weighted by molar-refractivity contribution is 5.90. The maximum absolute atomic E-state index is 12.6.